The summed E-state index contributed by atoms with van der Waals surface area (Å²) in [7, 11) is 1.60. The summed E-state index contributed by atoms with van der Waals surface area (Å²) in [5.74, 6) is 0.558. The minimum atomic E-state index is -0.387. The first-order valence-corrected chi connectivity index (χ1v) is 7.09. The van der Waals surface area contributed by atoms with E-state index in [-0.39, 0.29) is 18.2 Å². The largest absolute Gasteiger partial charge is 0.497 e. The van der Waals surface area contributed by atoms with E-state index < -0.39 is 0 Å². The summed E-state index contributed by atoms with van der Waals surface area (Å²) >= 11 is 6.71. The van der Waals surface area contributed by atoms with Gasteiger partial charge in [-0.1, -0.05) is 31.9 Å². The molecule has 0 unspecified atom stereocenters. The second-order valence-corrected chi connectivity index (χ2v) is 5.59. The Morgan fingerprint density at radius 1 is 1.11 bits per heavy atom. The summed E-state index contributed by atoms with van der Waals surface area (Å²) in [6, 6.07) is 10.1. The smallest absolute Gasteiger partial charge is 0.165 e. The minimum Gasteiger partial charge on any atom is -0.497 e. The van der Waals surface area contributed by atoms with Gasteiger partial charge in [-0.25, -0.2) is 4.39 Å². The molecule has 100 valence electrons. The molecule has 19 heavy (non-hydrogen) atoms. The van der Waals surface area contributed by atoms with Gasteiger partial charge < -0.3 is 9.47 Å². The van der Waals surface area contributed by atoms with E-state index in [4.69, 9.17) is 9.47 Å². The number of hydrogen-bond acceptors (Lipinski definition) is 2. The molecule has 0 saturated heterocycles. The number of rotatable bonds is 4. The average molecular weight is 390 g/mol. The SMILES string of the molecule is COc1ccc(Br)c(COc2cc(Br)ccc2F)c1. The molecule has 0 aliphatic heterocycles. The van der Waals surface area contributed by atoms with Crippen molar-refractivity contribution in [3.05, 3.63) is 56.7 Å². The van der Waals surface area contributed by atoms with Gasteiger partial charge in [-0.05, 0) is 36.4 Å². The molecule has 0 atom stereocenters. The van der Waals surface area contributed by atoms with E-state index in [0.29, 0.717) is 0 Å². The lowest BCUT2D eigenvalue weighted by Gasteiger charge is -2.10. The predicted octanol–water partition coefficient (Wildman–Crippen LogP) is 4.94. The van der Waals surface area contributed by atoms with Crippen molar-refractivity contribution in [2.45, 2.75) is 6.61 Å². The molecule has 0 spiro atoms. The number of hydrogen-bond donors (Lipinski definition) is 0. The van der Waals surface area contributed by atoms with Crippen molar-refractivity contribution >= 4 is 31.9 Å². The Morgan fingerprint density at radius 2 is 1.89 bits per heavy atom. The lowest BCUT2D eigenvalue weighted by molar-refractivity contribution is 0.288. The molecule has 0 heterocycles. The normalized spacial score (nSPS) is 10.3. The van der Waals surface area contributed by atoms with Crippen molar-refractivity contribution in [2.24, 2.45) is 0 Å². The van der Waals surface area contributed by atoms with Crippen molar-refractivity contribution in [3.63, 3.8) is 0 Å². The molecule has 2 aromatic carbocycles. The maximum Gasteiger partial charge on any atom is 0.165 e. The zero-order valence-electron chi connectivity index (χ0n) is 10.1. The quantitative estimate of drug-likeness (QED) is 0.737. The molecule has 0 bridgehead atoms. The summed E-state index contributed by atoms with van der Waals surface area (Å²) in [4.78, 5) is 0. The van der Waals surface area contributed by atoms with Crippen molar-refractivity contribution in [3.8, 4) is 11.5 Å². The summed E-state index contributed by atoms with van der Waals surface area (Å²) in [6.45, 7) is 0.255. The van der Waals surface area contributed by atoms with Gasteiger partial charge in [0.15, 0.2) is 11.6 Å². The molecule has 0 radical (unpaired) electrons. The third-order valence-corrected chi connectivity index (χ3v) is 3.80. The topological polar surface area (TPSA) is 18.5 Å². The fourth-order valence-corrected chi connectivity index (χ4v) is 2.23. The van der Waals surface area contributed by atoms with Crippen LogP contribution >= 0.6 is 31.9 Å². The van der Waals surface area contributed by atoms with E-state index in [1.54, 1.807) is 19.2 Å². The molecule has 2 rings (SSSR count). The monoisotopic (exact) mass is 388 g/mol. The summed E-state index contributed by atoms with van der Waals surface area (Å²) in [6.07, 6.45) is 0. The van der Waals surface area contributed by atoms with Gasteiger partial charge in [-0.15, -0.1) is 0 Å². The van der Waals surface area contributed by atoms with Gasteiger partial charge in [-0.2, -0.15) is 0 Å². The summed E-state index contributed by atoms with van der Waals surface area (Å²) in [5, 5.41) is 0. The Morgan fingerprint density at radius 3 is 2.63 bits per heavy atom. The molecule has 0 aliphatic rings. The standard InChI is InChI=1S/C14H11Br2FO2/c1-18-11-3-4-12(16)9(6-11)8-19-14-7-10(15)2-5-13(14)17/h2-7H,8H2,1H3. The highest BCUT2D eigenvalue weighted by Crippen LogP contribution is 2.26. The van der Waals surface area contributed by atoms with Crippen molar-refractivity contribution in [1.29, 1.82) is 0 Å². The van der Waals surface area contributed by atoms with E-state index in [0.717, 1.165) is 20.3 Å². The fourth-order valence-electron chi connectivity index (χ4n) is 1.53. The van der Waals surface area contributed by atoms with Crippen molar-refractivity contribution < 1.29 is 13.9 Å². The highest BCUT2D eigenvalue weighted by molar-refractivity contribution is 9.10. The fraction of sp³-hybridized carbons (Fsp3) is 0.143. The van der Waals surface area contributed by atoms with Gasteiger partial charge >= 0.3 is 0 Å². The van der Waals surface area contributed by atoms with Crippen LogP contribution in [0.5, 0.6) is 11.5 Å². The van der Waals surface area contributed by atoms with Gasteiger partial charge in [0, 0.05) is 14.5 Å². The second kappa shape index (κ2) is 6.39. The van der Waals surface area contributed by atoms with E-state index in [1.165, 1.54) is 6.07 Å². The average Bonchev–Trinajstić information content (AvgIpc) is 2.41. The first-order valence-electron chi connectivity index (χ1n) is 5.50. The van der Waals surface area contributed by atoms with Crippen LogP contribution in [-0.4, -0.2) is 7.11 Å². The lowest BCUT2D eigenvalue weighted by atomic mass is 10.2. The lowest BCUT2D eigenvalue weighted by Crippen LogP contribution is -1.99. The van der Waals surface area contributed by atoms with E-state index in [1.807, 2.05) is 18.2 Å². The predicted molar refractivity (Wildman–Crippen MR) is 79.1 cm³/mol. The Kier molecular flexibility index (Phi) is 4.82. The Labute approximate surface area is 127 Å². The highest BCUT2D eigenvalue weighted by atomic mass is 79.9. The Balaban J connectivity index is 2.16. The minimum absolute atomic E-state index is 0.212. The number of ether oxygens (including phenoxy) is 2. The van der Waals surface area contributed by atoms with Crippen LogP contribution in [-0.2, 0) is 6.61 Å². The third kappa shape index (κ3) is 3.70. The molecule has 0 fully saturated rings. The summed E-state index contributed by atoms with van der Waals surface area (Å²) < 4.78 is 25.8. The molecule has 0 aromatic heterocycles. The van der Waals surface area contributed by atoms with Gasteiger partial charge in [0.05, 0.1) is 7.11 Å². The molecule has 0 saturated carbocycles. The molecule has 0 amide bonds. The van der Waals surface area contributed by atoms with Crippen LogP contribution in [0.25, 0.3) is 0 Å². The van der Waals surface area contributed by atoms with Crippen LogP contribution in [0.4, 0.5) is 4.39 Å². The molecular weight excluding hydrogens is 379 g/mol. The van der Waals surface area contributed by atoms with E-state index in [9.17, 15) is 4.39 Å². The van der Waals surface area contributed by atoms with Crippen molar-refractivity contribution in [2.75, 3.05) is 7.11 Å². The van der Waals surface area contributed by atoms with Crippen LogP contribution < -0.4 is 9.47 Å². The Bertz CT molecular complexity index is 588. The van der Waals surface area contributed by atoms with Gasteiger partial charge in [-0.3, -0.25) is 0 Å². The van der Waals surface area contributed by atoms with Gasteiger partial charge in [0.25, 0.3) is 0 Å². The Hall–Kier alpha value is -1.07. The molecule has 2 aromatic rings. The van der Waals surface area contributed by atoms with Gasteiger partial charge in [0.2, 0.25) is 0 Å². The number of halogens is 3. The molecule has 0 N–H and O–H groups in total. The molecule has 5 heteroatoms. The molecule has 2 nitrogen and oxygen atoms in total. The zero-order valence-corrected chi connectivity index (χ0v) is 13.3. The first-order chi connectivity index (χ1) is 9.10. The zero-order chi connectivity index (χ0) is 13.8. The maximum absolute atomic E-state index is 13.5. The second-order valence-electron chi connectivity index (χ2n) is 3.82. The van der Waals surface area contributed by atoms with Gasteiger partial charge in [0.1, 0.15) is 12.4 Å². The molecule has 0 aliphatic carbocycles. The number of methoxy groups -OCH3 is 1. The van der Waals surface area contributed by atoms with Crippen LogP contribution in [0.15, 0.2) is 45.3 Å². The van der Waals surface area contributed by atoms with Crippen LogP contribution in [0.1, 0.15) is 5.56 Å². The highest BCUT2D eigenvalue weighted by Gasteiger charge is 2.07. The van der Waals surface area contributed by atoms with E-state index in [2.05, 4.69) is 31.9 Å². The third-order valence-electron chi connectivity index (χ3n) is 2.53. The van der Waals surface area contributed by atoms with Crippen LogP contribution in [0, 0.1) is 5.82 Å². The van der Waals surface area contributed by atoms with Crippen LogP contribution in [0.3, 0.4) is 0 Å². The number of benzene rings is 2. The van der Waals surface area contributed by atoms with Crippen molar-refractivity contribution in [1.82, 2.24) is 0 Å². The summed E-state index contributed by atoms with van der Waals surface area (Å²) in [5.41, 5.74) is 0.888. The van der Waals surface area contributed by atoms with Crippen LogP contribution in [0.2, 0.25) is 0 Å². The first kappa shape index (κ1) is 14.3. The molecular formula is C14H11Br2FO2. The van der Waals surface area contributed by atoms with E-state index >= 15 is 0 Å². The maximum atomic E-state index is 13.5.